The summed E-state index contributed by atoms with van der Waals surface area (Å²) in [6, 6.07) is 13.8. The van der Waals surface area contributed by atoms with Gasteiger partial charge in [0, 0.05) is 10.9 Å². The first kappa shape index (κ1) is 18.9. The van der Waals surface area contributed by atoms with E-state index in [2.05, 4.69) is 4.98 Å². The zero-order valence-corrected chi connectivity index (χ0v) is 15.6. The average molecular weight is 403 g/mol. The molecule has 1 amide bonds. The second-order valence-corrected chi connectivity index (χ2v) is 6.70. The lowest BCUT2D eigenvalue weighted by Crippen LogP contribution is -2.18. The van der Waals surface area contributed by atoms with Crippen LogP contribution in [0.15, 0.2) is 53.9 Å². The molecule has 0 atom stereocenters. The number of hydrogen-bond donors (Lipinski definition) is 1. The molecule has 0 aliphatic carbocycles. The quantitative estimate of drug-likeness (QED) is 0.608. The van der Waals surface area contributed by atoms with Crippen LogP contribution in [0.3, 0.4) is 0 Å². The van der Waals surface area contributed by atoms with Crippen LogP contribution >= 0.6 is 22.9 Å². The molecule has 0 unspecified atom stereocenters. The van der Waals surface area contributed by atoms with Crippen molar-refractivity contribution in [1.29, 1.82) is 0 Å². The molecule has 8 heteroatoms. The van der Waals surface area contributed by atoms with Crippen molar-refractivity contribution in [3.63, 3.8) is 0 Å². The predicted octanol–water partition coefficient (Wildman–Crippen LogP) is 3.68. The summed E-state index contributed by atoms with van der Waals surface area (Å²) < 4.78 is 10.5. The maximum absolute atomic E-state index is 11.9. The number of nitrogens with zero attached hydrogens (tertiary/aromatic N) is 1. The Labute approximate surface area is 164 Å². The molecule has 3 rings (SSSR count). The molecule has 138 valence electrons. The molecular formula is C19H15ClN2O4S. The number of thiazole rings is 1. The molecule has 0 fully saturated rings. The van der Waals surface area contributed by atoms with Gasteiger partial charge >= 0.3 is 5.97 Å². The number of hydrogen-bond acceptors (Lipinski definition) is 6. The van der Waals surface area contributed by atoms with Crippen molar-refractivity contribution in [3.8, 4) is 16.3 Å². The monoisotopic (exact) mass is 402 g/mol. The minimum Gasteiger partial charge on any atom is -0.481 e. The van der Waals surface area contributed by atoms with Crippen molar-refractivity contribution in [2.45, 2.75) is 6.61 Å². The number of carbonyl (C=O) groups is 2. The third-order valence-electron chi connectivity index (χ3n) is 3.54. The molecule has 1 heterocycles. The fourth-order valence-electron chi connectivity index (χ4n) is 2.26. The van der Waals surface area contributed by atoms with E-state index in [-0.39, 0.29) is 24.5 Å². The van der Waals surface area contributed by atoms with E-state index in [0.29, 0.717) is 10.7 Å². The molecule has 2 aromatic carbocycles. The Morgan fingerprint density at radius 1 is 1.11 bits per heavy atom. The molecule has 0 saturated carbocycles. The van der Waals surface area contributed by atoms with Crippen molar-refractivity contribution < 1.29 is 19.1 Å². The van der Waals surface area contributed by atoms with Crippen LogP contribution in [-0.2, 0) is 16.1 Å². The summed E-state index contributed by atoms with van der Waals surface area (Å²) in [6.07, 6.45) is 0. The summed E-state index contributed by atoms with van der Waals surface area (Å²) >= 11 is 7.58. The van der Waals surface area contributed by atoms with Gasteiger partial charge < -0.3 is 15.2 Å². The first-order valence-electron chi connectivity index (χ1n) is 7.91. The number of amides is 1. The van der Waals surface area contributed by atoms with Gasteiger partial charge in [-0.15, -0.1) is 11.3 Å². The average Bonchev–Trinajstić information content (AvgIpc) is 3.14. The third kappa shape index (κ3) is 4.84. The van der Waals surface area contributed by atoms with Gasteiger partial charge in [0.25, 0.3) is 5.91 Å². The van der Waals surface area contributed by atoms with Crippen LogP contribution in [0.25, 0.3) is 10.6 Å². The summed E-state index contributed by atoms with van der Waals surface area (Å²) in [7, 11) is 0. The zero-order valence-electron chi connectivity index (χ0n) is 14.1. The van der Waals surface area contributed by atoms with Crippen LogP contribution in [0.2, 0.25) is 5.02 Å². The summed E-state index contributed by atoms with van der Waals surface area (Å²) in [6.45, 7) is -0.327. The van der Waals surface area contributed by atoms with Crippen LogP contribution in [0.1, 0.15) is 16.1 Å². The number of ether oxygens (including phenoxy) is 2. The van der Waals surface area contributed by atoms with E-state index in [1.165, 1.54) is 17.4 Å². The minimum atomic E-state index is -0.631. The van der Waals surface area contributed by atoms with E-state index >= 15 is 0 Å². The van der Waals surface area contributed by atoms with Gasteiger partial charge in [0.2, 0.25) is 0 Å². The second-order valence-electron chi connectivity index (χ2n) is 5.43. The van der Waals surface area contributed by atoms with E-state index in [1.807, 2.05) is 18.2 Å². The summed E-state index contributed by atoms with van der Waals surface area (Å²) in [5, 5.41) is 3.16. The molecule has 0 saturated heterocycles. The van der Waals surface area contributed by atoms with Crippen molar-refractivity contribution in [1.82, 2.24) is 4.98 Å². The van der Waals surface area contributed by atoms with E-state index in [0.717, 1.165) is 10.6 Å². The number of aromatic nitrogens is 1. The summed E-state index contributed by atoms with van der Waals surface area (Å²) in [5.74, 6) is -0.980. The molecule has 2 N–H and O–H groups in total. The van der Waals surface area contributed by atoms with Gasteiger partial charge in [0.1, 0.15) is 17.4 Å². The maximum Gasteiger partial charge on any atom is 0.344 e. The molecule has 3 aromatic rings. The lowest BCUT2D eigenvalue weighted by atomic mass is 10.2. The van der Waals surface area contributed by atoms with Crippen LogP contribution in [-0.4, -0.2) is 23.5 Å². The van der Waals surface area contributed by atoms with E-state index in [4.69, 9.17) is 26.8 Å². The van der Waals surface area contributed by atoms with Gasteiger partial charge in [-0.2, -0.15) is 0 Å². The van der Waals surface area contributed by atoms with Gasteiger partial charge in [-0.05, 0) is 18.2 Å². The highest BCUT2D eigenvalue weighted by molar-refractivity contribution is 7.13. The Hall–Kier alpha value is -2.90. The summed E-state index contributed by atoms with van der Waals surface area (Å²) in [5.41, 5.74) is 6.91. The van der Waals surface area contributed by atoms with Crippen molar-refractivity contribution in [3.05, 3.63) is 70.2 Å². The Kier molecular flexibility index (Phi) is 6.05. The second kappa shape index (κ2) is 8.66. The third-order valence-corrected chi connectivity index (χ3v) is 4.79. The highest BCUT2D eigenvalue weighted by atomic mass is 35.5. The van der Waals surface area contributed by atoms with Gasteiger partial charge in [-0.3, -0.25) is 4.79 Å². The molecule has 6 nitrogen and oxygen atoms in total. The van der Waals surface area contributed by atoms with Gasteiger partial charge in [-0.1, -0.05) is 41.9 Å². The summed E-state index contributed by atoms with van der Waals surface area (Å²) in [4.78, 5) is 27.6. The van der Waals surface area contributed by atoms with E-state index < -0.39 is 11.9 Å². The largest absolute Gasteiger partial charge is 0.481 e. The molecule has 1 aromatic heterocycles. The molecular weight excluding hydrogens is 388 g/mol. The number of halogens is 1. The predicted molar refractivity (Wildman–Crippen MR) is 103 cm³/mol. The number of benzene rings is 2. The molecule has 0 bridgehead atoms. The molecule has 0 aliphatic heterocycles. The van der Waals surface area contributed by atoms with Gasteiger partial charge in [0.15, 0.2) is 6.61 Å². The Morgan fingerprint density at radius 3 is 2.63 bits per heavy atom. The lowest BCUT2D eigenvalue weighted by molar-refractivity contribution is -0.147. The standard InChI is InChI=1S/C19H15ClN2O4S/c20-15-7-3-1-5-13(15)19-22-12(11-27-19)9-26-17(23)10-25-16-8-4-2-6-14(16)18(21)24/h1-8,11H,9-10H2,(H2,21,24). The number of esters is 1. The number of primary amides is 1. The van der Waals surface area contributed by atoms with Crippen molar-refractivity contribution in [2.75, 3.05) is 6.61 Å². The zero-order chi connectivity index (χ0) is 19.2. The fraction of sp³-hybridized carbons (Fsp3) is 0.105. The SMILES string of the molecule is NC(=O)c1ccccc1OCC(=O)OCc1csc(-c2ccccc2Cl)n1. The first-order valence-corrected chi connectivity index (χ1v) is 9.17. The van der Waals surface area contributed by atoms with E-state index in [9.17, 15) is 9.59 Å². The number of nitrogens with two attached hydrogens (primary N) is 1. The van der Waals surface area contributed by atoms with Crippen LogP contribution in [0.4, 0.5) is 0 Å². The Bertz CT molecular complexity index is 974. The van der Waals surface area contributed by atoms with Crippen molar-refractivity contribution in [2.24, 2.45) is 5.73 Å². The molecule has 0 aliphatic rings. The number of carbonyl (C=O) groups excluding carboxylic acids is 2. The van der Waals surface area contributed by atoms with Crippen LogP contribution in [0.5, 0.6) is 5.75 Å². The smallest absolute Gasteiger partial charge is 0.344 e. The molecule has 0 spiro atoms. The number of rotatable bonds is 7. The van der Waals surface area contributed by atoms with Crippen LogP contribution in [0, 0.1) is 0 Å². The fourth-order valence-corrected chi connectivity index (χ4v) is 3.39. The normalized spacial score (nSPS) is 10.4. The molecule has 0 radical (unpaired) electrons. The van der Waals surface area contributed by atoms with Crippen LogP contribution < -0.4 is 10.5 Å². The lowest BCUT2D eigenvalue weighted by Gasteiger charge is -2.08. The number of para-hydroxylation sites is 1. The molecule has 27 heavy (non-hydrogen) atoms. The van der Waals surface area contributed by atoms with Gasteiger partial charge in [0.05, 0.1) is 16.3 Å². The van der Waals surface area contributed by atoms with Gasteiger partial charge in [-0.25, -0.2) is 9.78 Å². The first-order chi connectivity index (χ1) is 13.0. The Balaban J connectivity index is 1.55. The van der Waals surface area contributed by atoms with Crippen molar-refractivity contribution >= 4 is 34.8 Å². The Morgan fingerprint density at radius 2 is 1.85 bits per heavy atom. The maximum atomic E-state index is 11.9. The minimum absolute atomic E-state index is 0.0145. The topological polar surface area (TPSA) is 91.5 Å². The highest BCUT2D eigenvalue weighted by Gasteiger charge is 2.13. The van der Waals surface area contributed by atoms with E-state index in [1.54, 1.807) is 29.6 Å². The highest BCUT2D eigenvalue weighted by Crippen LogP contribution is 2.30.